The van der Waals surface area contributed by atoms with Crippen LogP contribution in [0.1, 0.15) is 5.56 Å². The molecule has 2 aromatic rings. The van der Waals surface area contributed by atoms with E-state index in [1.807, 2.05) is 24.3 Å². The SMILES string of the molecule is N#Cc1ccc(N2CCN(c3ncc(N)cn3)CC2)cc1. The van der Waals surface area contributed by atoms with Crippen LogP contribution in [0.3, 0.4) is 0 Å². The van der Waals surface area contributed by atoms with Crippen LogP contribution in [-0.4, -0.2) is 36.1 Å². The second-order valence-electron chi connectivity index (χ2n) is 4.95. The number of nitrogens with two attached hydrogens (primary N) is 1. The fourth-order valence-corrected chi connectivity index (χ4v) is 2.41. The summed E-state index contributed by atoms with van der Waals surface area (Å²) in [4.78, 5) is 13.0. The zero-order valence-corrected chi connectivity index (χ0v) is 11.6. The molecule has 1 aliphatic rings. The van der Waals surface area contributed by atoms with Gasteiger partial charge in [0.15, 0.2) is 0 Å². The van der Waals surface area contributed by atoms with Crippen molar-refractivity contribution in [3.63, 3.8) is 0 Å². The van der Waals surface area contributed by atoms with E-state index in [1.54, 1.807) is 12.4 Å². The Labute approximate surface area is 123 Å². The minimum atomic E-state index is 0.579. The van der Waals surface area contributed by atoms with Gasteiger partial charge in [0.05, 0.1) is 29.7 Å². The van der Waals surface area contributed by atoms with Gasteiger partial charge in [0.25, 0.3) is 0 Å². The molecular formula is C15H16N6. The highest BCUT2D eigenvalue weighted by Gasteiger charge is 2.19. The van der Waals surface area contributed by atoms with E-state index in [2.05, 4.69) is 25.8 Å². The molecule has 0 spiro atoms. The summed E-state index contributed by atoms with van der Waals surface area (Å²) in [6.45, 7) is 3.53. The van der Waals surface area contributed by atoms with Crippen LogP contribution in [0.2, 0.25) is 0 Å². The van der Waals surface area contributed by atoms with Gasteiger partial charge in [0.1, 0.15) is 0 Å². The summed E-state index contributed by atoms with van der Waals surface area (Å²) in [7, 11) is 0. The number of nitriles is 1. The summed E-state index contributed by atoms with van der Waals surface area (Å²) in [6.07, 6.45) is 3.27. The average Bonchev–Trinajstić information content (AvgIpc) is 2.56. The highest BCUT2D eigenvalue weighted by molar-refractivity contribution is 5.51. The van der Waals surface area contributed by atoms with Gasteiger partial charge in [0, 0.05) is 31.9 Å². The fourth-order valence-electron chi connectivity index (χ4n) is 2.41. The third-order valence-corrected chi connectivity index (χ3v) is 3.58. The molecule has 106 valence electrons. The van der Waals surface area contributed by atoms with E-state index in [-0.39, 0.29) is 0 Å². The van der Waals surface area contributed by atoms with Crippen LogP contribution in [0.4, 0.5) is 17.3 Å². The van der Waals surface area contributed by atoms with Crippen molar-refractivity contribution in [1.29, 1.82) is 5.26 Å². The third kappa shape index (κ3) is 2.87. The topological polar surface area (TPSA) is 82.1 Å². The van der Waals surface area contributed by atoms with Crippen molar-refractivity contribution in [1.82, 2.24) is 9.97 Å². The number of anilines is 3. The molecule has 1 aromatic carbocycles. The highest BCUT2D eigenvalue weighted by Crippen LogP contribution is 2.19. The zero-order valence-electron chi connectivity index (χ0n) is 11.6. The van der Waals surface area contributed by atoms with Gasteiger partial charge in [-0.1, -0.05) is 0 Å². The van der Waals surface area contributed by atoms with E-state index in [9.17, 15) is 0 Å². The molecule has 0 aliphatic carbocycles. The van der Waals surface area contributed by atoms with Crippen LogP contribution in [0.25, 0.3) is 0 Å². The van der Waals surface area contributed by atoms with Gasteiger partial charge in [-0.3, -0.25) is 0 Å². The van der Waals surface area contributed by atoms with Gasteiger partial charge in [-0.15, -0.1) is 0 Å². The molecular weight excluding hydrogens is 264 g/mol. The first kappa shape index (κ1) is 13.2. The fraction of sp³-hybridized carbons (Fsp3) is 0.267. The van der Waals surface area contributed by atoms with Gasteiger partial charge in [-0.2, -0.15) is 5.26 Å². The van der Waals surface area contributed by atoms with Crippen LogP contribution in [0, 0.1) is 11.3 Å². The van der Waals surface area contributed by atoms with Crippen molar-refractivity contribution in [2.75, 3.05) is 41.7 Å². The average molecular weight is 280 g/mol. The summed E-state index contributed by atoms with van der Waals surface area (Å²) < 4.78 is 0. The quantitative estimate of drug-likeness (QED) is 0.891. The van der Waals surface area contributed by atoms with Gasteiger partial charge in [-0.05, 0) is 24.3 Å². The second-order valence-corrected chi connectivity index (χ2v) is 4.95. The molecule has 1 aliphatic heterocycles. The predicted molar refractivity (Wildman–Crippen MR) is 82.0 cm³/mol. The van der Waals surface area contributed by atoms with Crippen molar-refractivity contribution in [3.8, 4) is 6.07 Å². The highest BCUT2D eigenvalue weighted by atomic mass is 15.3. The molecule has 0 atom stereocenters. The summed E-state index contributed by atoms with van der Waals surface area (Å²) >= 11 is 0. The lowest BCUT2D eigenvalue weighted by Gasteiger charge is -2.36. The molecule has 3 rings (SSSR count). The standard InChI is InChI=1S/C15H16N6/c16-9-12-1-3-14(4-2-12)20-5-7-21(8-6-20)15-18-10-13(17)11-19-15/h1-4,10-11H,5-8,17H2. The maximum absolute atomic E-state index is 8.83. The molecule has 0 saturated carbocycles. The summed E-state index contributed by atoms with van der Waals surface area (Å²) in [5, 5.41) is 8.83. The molecule has 1 fully saturated rings. The first-order chi connectivity index (χ1) is 10.3. The maximum atomic E-state index is 8.83. The monoisotopic (exact) mass is 280 g/mol. The minimum Gasteiger partial charge on any atom is -0.396 e. The molecule has 0 radical (unpaired) electrons. The molecule has 2 N–H and O–H groups in total. The van der Waals surface area contributed by atoms with E-state index < -0.39 is 0 Å². The Hall–Kier alpha value is -2.81. The number of rotatable bonds is 2. The number of aromatic nitrogens is 2. The number of nitrogen functional groups attached to an aromatic ring is 1. The van der Waals surface area contributed by atoms with E-state index in [0.717, 1.165) is 37.8 Å². The number of hydrogen-bond acceptors (Lipinski definition) is 6. The number of hydrogen-bond donors (Lipinski definition) is 1. The number of nitrogens with zero attached hydrogens (tertiary/aromatic N) is 5. The Morgan fingerprint density at radius 3 is 2.10 bits per heavy atom. The van der Waals surface area contributed by atoms with Crippen LogP contribution < -0.4 is 15.5 Å². The van der Waals surface area contributed by atoms with E-state index in [1.165, 1.54) is 0 Å². The normalized spacial score (nSPS) is 14.8. The van der Waals surface area contributed by atoms with Gasteiger partial charge < -0.3 is 15.5 Å². The van der Waals surface area contributed by atoms with Crippen molar-refractivity contribution in [2.24, 2.45) is 0 Å². The number of piperazine rings is 1. The summed E-state index contributed by atoms with van der Waals surface area (Å²) in [5.74, 6) is 0.726. The molecule has 1 aromatic heterocycles. The van der Waals surface area contributed by atoms with Crippen molar-refractivity contribution < 1.29 is 0 Å². The molecule has 6 heteroatoms. The third-order valence-electron chi connectivity index (χ3n) is 3.58. The first-order valence-electron chi connectivity index (χ1n) is 6.84. The Bertz CT molecular complexity index is 635. The molecule has 21 heavy (non-hydrogen) atoms. The molecule has 2 heterocycles. The van der Waals surface area contributed by atoms with Crippen molar-refractivity contribution >= 4 is 17.3 Å². The van der Waals surface area contributed by atoms with Crippen LogP contribution in [-0.2, 0) is 0 Å². The molecule has 0 bridgehead atoms. The number of benzene rings is 1. The van der Waals surface area contributed by atoms with Crippen molar-refractivity contribution in [3.05, 3.63) is 42.2 Å². The minimum absolute atomic E-state index is 0.579. The Morgan fingerprint density at radius 1 is 0.952 bits per heavy atom. The van der Waals surface area contributed by atoms with Gasteiger partial charge in [0.2, 0.25) is 5.95 Å². The van der Waals surface area contributed by atoms with E-state index >= 15 is 0 Å². The van der Waals surface area contributed by atoms with E-state index in [4.69, 9.17) is 11.0 Å². The lowest BCUT2D eigenvalue weighted by atomic mass is 10.2. The summed E-state index contributed by atoms with van der Waals surface area (Å²) in [6, 6.07) is 9.83. The van der Waals surface area contributed by atoms with Gasteiger partial charge >= 0.3 is 0 Å². The van der Waals surface area contributed by atoms with Crippen LogP contribution in [0.5, 0.6) is 0 Å². The Morgan fingerprint density at radius 2 is 1.52 bits per heavy atom. The molecule has 6 nitrogen and oxygen atoms in total. The van der Waals surface area contributed by atoms with Crippen LogP contribution in [0.15, 0.2) is 36.7 Å². The van der Waals surface area contributed by atoms with E-state index in [0.29, 0.717) is 11.3 Å². The summed E-state index contributed by atoms with van der Waals surface area (Å²) in [5.41, 5.74) is 8.01. The predicted octanol–water partition coefficient (Wildman–Crippen LogP) is 1.26. The zero-order chi connectivity index (χ0) is 14.7. The smallest absolute Gasteiger partial charge is 0.225 e. The lowest BCUT2D eigenvalue weighted by Crippen LogP contribution is -2.47. The second kappa shape index (κ2) is 5.67. The van der Waals surface area contributed by atoms with Gasteiger partial charge in [-0.25, -0.2) is 9.97 Å². The first-order valence-corrected chi connectivity index (χ1v) is 6.84. The lowest BCUT2D eigenvalue weighted by molar-refractivity contribution is 0.640. The maximum Gasteiger partial charge on any atom is 0.225 e. The van der Waals surface area contributed by atoms with Crippen LogP contribution >= 0.6 is 0 Å². The largest absolute Gasteiger partial charge is 0.396 e. The Balaban J connectivity index is 1.64. The Kier molecular flexibility index (Phi) is 3.56. The molecule has 1 saturated heterocycles. The molecule has 0 amide bonds. The molecule has 0 unspecified atom stereocenters. The van der Waals surface area contributed by atoms with Crippen molar-refractivity contribution in [2.45, 2.75) is 0 Å².